The number of nitrogens with one attached hydrogen (secondary N) is 1. The molecule has 0 saturated heterocycles. The fourth-order valence-electron chi connectivity index (χ4n) is 2.05. The Hall–Kier alpha value is -0.380. The van der Waals surface area contributed by atoms with Gasteiger partial charge in [-0.15, -0.1) is 0 Å². The molecular formula is C12H22N2S. The first-order valence-corrected chi connectivity index (χ1v) is 6.37. The van der Waals surface area contributed by atoms with E-state index >= 15 is 0 Å². The van der Waals surface area contributed by atoms with E-state index in [1.165, 1.54) is 5.56 Å². The van der Waals surface area contributed by atoms with E-state index in [0.29, 0.717) is 6.04 Å². The van der Waals surface area contributed by atoms with Crippen LogP contribution < -0.4 is 5.32 Å². The monoisotopic (exact) mass is 226 g/mol. The molecule has 0 radical (unpaired) electrons. The number of thiophene rings is 1. The summed E-state index contributed by atoms with van der Waals surface area (Å²) < 4.78 is 0. The second-order valence-electron chi connectivity index (χ2n) is 4.38. The van der Waals surface area contributed by atoms with E-state index < -0.39 is 0 Å². The van der Waals surface area contributed by atoms with Crippen LogP contribution in [0, 0.1) is 0 Å². The lowest BCUT2D eigenvalue weighted by Crippen LogP contribution is -2.50. The SMILES string of the molecule is CCC(C)(C(NC)c1ccsc1)N(C)C. The van der Waals surface area contributed by atoms with Crippen LogP contribution in [0.1, 0.15) is 31.9 Å². The second kappa shape index (κ2) is 5.10. The molecule has 1 aromatic heterocycles. The van der Waals surface area contributed by atoms with E-state index in [9.17, 15) is 0 Å². The molecule has 1 heterocycles. The second-order valence-corrected chi connectivity index (χ2v) is 5.16. The van der Waals surface area contributed by atoms with Crippen molar-refractivity contribution in [2.75, 3.05) is 21.1 Å². The Labute approximate surface area is 97.3 Å². The van der Waals surface area contributed by atoms with Crippen molar-refractivity contribution in [3.05, 3.63) is 22.4 Å². The van der Waals surface area contributed by atoms with Gasteiger partial charge in [0.1, 0.15) is 0 Å². The van der Waals surface area contributed by atoms with Crippen LogP contribution >= 0.6 is 11.3 Å². The van der Waals surface area contributed by atoms with E-state index in [1.54, 1.807) is 11.3 Å². The summed E-state index contributed by atoms with van der Waals surface area (Å²) in [4.78, 5) is 2.31. The van der Waals surface area contributed by atoms with Crippen LogP contribution in [0.4, 0.5) is 0 Å². The summed E-state index contributed by atoms with van der Waals surface area (Å²) in [5.74, 6) is 0. The molecule has 2 nitrogen and oxygen atoms in total. The first kappa shape index (κ1) is 12.7. The Morgan fingerprint density at radius 1 is 1.53 bits per heavy atom. The molecule has 0 bridgehead atoms. The van der Waals surface area contributed by atoms with Crippen molar-refractivity contribution in [3.8, 4) is 0 Å². The van der Waals surface area contributed by atoms with E-state index in [4.69, 9.17) is 0 Å². The maximum absolute atomic E-state index is 3.44. The fourth-order valence-corrected chi connectivity index (χ4v) is 2.74. The predicted octanol–water partition coefficient (Wildman–Crippen LogP) is 2.74. The van der Waals surface area contributed by atoms with Gasteiger partial charge in [0.2, 0.25) is 0 Å². The van der Waals surface area contributed by atoms with Crippen molar-refractivity contribution in [1.29, 1.82) is 0 Å². The van der Waals surface area contributed by atoms with Crippen LogP contribution in [-0.2, 0) is 0 Å². The van der Waals surface area contributed by atoms with E-state index in [2.05, 4.69) is 55.0 Å². The van der Waals surface area contributed by atoms with Crippen molar-refractivity contribution in [3.63, 3.8) is 0 Å². The van der Waals surface area contributed by atoms with Gasteiger partial charge in [0, 0.05) is 5.54 Å². The molecule has 2 unspecified atom stereocenters. The summed E-state index contributed by atoms with van der Waals surface area (Å²) >= 11 is 1.76. The van der Waals surface area contributed by atoms with Gasteiger partial charge in [-0.1, -0.05) is 6.92 Å². The van der Waals surface area contributed by atoms with Crippen LogP contribution in [0.15, 0.2) is 16.8 Å². The molecule has 0 spiro atoms. The molecule has 0 fully saturated rings. The van der Waals surface area contributed by atoms with Crippen LogP contribution in [0.5, 0.6) is 0 Å². The third-order valence-corrected chi connectivity index (χ3v) is 4.23. The van der Waals surface area contributed by atoms with Crippen molar-refractivity contribution >= 4 is 11.3 Å². The van der Waals surface area contributed by atoms with E-state index in [1.807, 2.05) is 7.05 Å². The summed E-state index contributed by atoms with van der Waals surface area (Å²) in [6.07, 6.45) is 1.13. The van der Waals surface area contributed by atoms with Crippen LogP contribution in [-0.4, -0.2) is 31.6 Å². The highest BCUT2D eigenvalue weighted by molar-refractivity contribution is 7.07. The molecule has 2 atom stereocenters. The normalized spacial score (nSPS) is 17.7. The van der Waals surface area contributed by atoms with Crippen molar-refractivity contribution < 1.29 is 0 Å². The highest BCUT2D eigenvalue weighted by atomic mass is 32.1. The first-order valence-electron chi connectivity index (χ1n) is 5.43. The first-order chi connectivity index (χ1) is 7.06. The van der Waals surface area contributed by atoms with Gasteiger partial charge in [0.05, 0.1) is 6.04 Å². The van der Waals surface area contributed by atoms with Gasteiger partial charge in [0.15, 0.2) is 0 Å². The molecule has 0 aliphatic rings. The topological polar surface area (TPSA) is 15.3 Å². The number of likely N-dealkylation sites (N-methyl/N-ethyl adjacent to an activating group) is 2. The molecule has 0 amide bonds. The van der Waals surface area contributed by atoms with Crippen LogP contribution in [0.3, 0.4) is 0 Å². The van der Waals surface area contributed by atoms with Crippen LogP contribution in [0.25, 0.3) is 0 Å². The van der Waals surface area contributed by atoms with Gasteiger partial charge in [0.25, 0.3) is 0 Å². The summed E-state index contributed by atoms with van der Waals surface area (Å²) in [5.41, 5.74) is 1.55. The minimum atomic E-state index is 0.163. The Morgan fingerprint density at radius 3 is 2.53 bits per heavy atom. The summed E-state index contributed by atoms with van der Waals surface area (Å²) in [7, 11) is 6.35. The fraction of sp³-hybridized carbons (Fsp3) is 0.667. The maximum atomic E-state index is 3.44. The van der Waals surface area contributed by atoms with E-state index in [-0.39, 0.29) is 5.54 Å². The molecule has 1 rings (SSSR count). The lowest BCUT2D eigenvalue weighted by atomic mass is 9.84. The Kier molecular flexibility index (Phi) is 4.32. The van der Waals surface area contributed by atoms with Crippen molar-refractivity contribution in [1.82, 2.24) is 10.2 Å². The van der Waals surface area contributed by atoms with E-state index in [0.717, 1.165) is 6.42 Å². The third kappa shape index (κ3) is 2.41. The average Bonchev–Trinajstić information content (AvgIpc) is 2.71. The maximum Gasteiger partial charge on any atom is 0.0509 e. The summed E-state index contributed by atoms with van der Waals surface area (Å²) in [5, 5.41) is 7.82. The molecule has 86 valence electrons. The Morgan fingerprint density at radius 2 is 2.20 bits per heavy atom. The molecule has 0 aliphatic carbocycles. The molecule has 0 saturated carbocycles. The quantitative estimate of drug-likeness (QED) is 0.830. The van der Waals surface area contributed by atoms with Gasteiger partial charge in [-0.3, -0.25) is 0 Å². The molecule has 1 N–H and O–H groups in total. The minimum Gasteiger partial charge on any atom is -0.311 e. The minimum absolute atomic E-state index is 0.163. The largest absolute Gasteiger partial charge is 0.311 e. The summed E-state index contributed by atoms with van der Waals surface area (Å²) in [6, 6.07) is 2.60. The van der Waals surface area contributed by atoms with Gasteiger partial charge in [-0.25, -0.2) is 0 Å². The Balaban J connectivity index is 2.99. The third-order valence-electron chi connectivity index (χ3n) is 3.52. The smallest absolute Gasteiger partial charge is 0.0509 e. The van der Waals surface area contributed by atoms with Gasteiger partial charge >= 0.3 is 0 Å². The molecule has 1 aromatic rings. The molecule has 0 aliphatic heterocycles. The predicted molar refractivity (Wildman–Crippen MR) is 68.5 cm³/mol. The molecule has 0 aromatic carbocycles. The number of nitrogens with zero attached hydrogens (tertiary/aromatic N) is 1. The standard InChI is InChI=1S/C12H22N2S/c1-6-12(2,14(4)5)11(13-3)10-7-8-15-9-10/h7-9,11,13H,6H2,1-5H3. The lowest BCUT2D eigenvalue weighted by Gasteiger charge is -2.42. The average molecular weight is 226 g/mol. The van der Waals surface area contributed by atoms with Crippen molar-refractivity contribution in [2.45, 2.75) is 31.8 Å². The van der Waals surface area contributed by atoms with Crippen LogP contribution in [0.2, 0.25) is 0 Å². The highest BCUT2D eigenvalue weighted by Gasteiger charge is 2.34. The van der Waals surface area contributed by atoms with Crippen molar-refractivity contribution in [2.24, 2.45) is 0 Å². The molecule has 3 heteroatoms. The zero-order valence-electron chi connectivity index (χ0n) is 10.4. The summed E-state index contributed by atoms with van der Waals surface area (Å²) in [6.45, 7) is 4.56. The molecular weight excluding hydrogens is 204 g/mol. The van der Waals surface area contributed by atoms with Gasteiger partial charge < -0.3 is 10.2 Å². The zero-order valence-corrected chi connectivity index (χ0v) is 11.2. The number of hydrogen-bond donors (Lipinski definition) is 1. The number of hydrogen-bond acceptors (Lipinski definition) is 3. The zero-order chi connectivity index (χ0) is 11.5. The Bertz CT molecular complexity index is 282. The highest BCUT2D eigenvalue weighted by Crippen LogP contribution is 2.33. The van der Waals surface area contributed by atoms with Gasteiger partial charge in [-0.05, 0) is 56.9 Å². The number of rotatable bonds is 5. The van der Waals surface area contributed by atoms with Gasteiger partial charge in [-0.2, -0.15) is 11.3 Å². The lowest BCUT2D eigenvalue weighted by molar-refractivity contribution is 0.117. The molecule has 15 heavy (non-hydrogen) atoms.